The lowest BCUT2D eigenvalue weighted by Crippen LogP contribution is -2.13. The van der Waals surface area contributed by atoms with Gasteiger partial charge in [0.25, 0.3) is 5.91 Å². The largest absolute Gasteiger partial charge is 0.494 e. The second-order valence-electron chi connectivity index (χ2n) is 6.99. The molecule has 1 amide bonds. The molecule has 0 aliphatic carbocycles. The van der Waals surface area contributed by atoms with Crippen LogP contribution in [-0.4, -0.2) is 34.1 Å². The first-order valence-corrected chi connectivity index (χ1v) is 12.0. The van der Waals surface area contributed by atoms with Crippen molar-refractivity contribution in [2.24, 2.45) is 0 Å². The van der Waals surface area contributed by atoms with Crippen molar-refractivity contribution < 1.29 is 19.4 Å². The minimum Gasteiger partial charge on any atom is -0.494 e. The number of carbonyl (C=O) groups is 2. The van der Waals surface area contributed by atoms with Crippen LogP contribution in [-0.2, 0) is 0 Å². The van der Waals surface area contributed by atoms with Gasteiger partial charge in [-0.3, -0.25) is 4.79 Å². The van der Waals surface area contributed by atoms with Crippen molar-refractivity contribution >= 4 is 89.8 Å². The maximum Gasteiger partial charge on any atom is 0.335 e. The quantitative estimate of drug-likeness (QED) is 0.230. The second kappa shape index (κ2) is 9.75. The fourth-order valence-corrected chi connectivity index (χ4v) is 5.49. The molecule has 0 saturated heterocycles. The molecule has 4 aromatic rings. The lowest BCUT2D eigenvalue weighted by molar-refractivity contribution is 0.0696. The number of thiophene rings is 1. The first-order chi connectivity index (χ1) is 16.2. The standard InChI is InChI=1S/C22H15BrCl2N4O4S/c1-9-13(23)18(33-2)15(25)17(14(9)24)29-21(30)12-7-34-19-16(12)26-8-27-20(19)28-11-5-3-10(4-6-11)22(31)32/h3-8H,1-2H3,(H,29,30)(H,31,32)(H,26,27,28). The number of nitrogens with one attached hydrogen (secondary N) is 2. The molecule has 3 N–H and O–H groups in total. The van der Waals surface area contributed by atoms with E-state index in [2.05, 4.69) is 36.5 Å². The van der Waals surface area contributed by atoms with E-state index in [0.717, 1.165) is 0 Å². The van der Waals surface area contributed by atoms with Crippen LogP contribution in [0, 0.1) is 6.92 Å². The van der Waals surface area contributed by atoms with E-state index in [9.17, 15) is 9.59 Å². The predicted octanol–water partition coefficient (Wildman–Crippen LogP) is 6.77. The Morgan fingerprint density at radius 2 is 1.85 bits per heavy atom. The number of benzene rings is 2. The van der Waals surface area contributed by atoms with Gasteiger partial charge in [-0.1, -0.05) is 23.2 Å². The topological polar surface area (TPSA) is 113 Å². The van der Waals surface area contributed by atoms with E-state index in [1.807, 2.05) is 0 Å². The number of ether oxygens (including phenoxy) is 1. The Kier molecular flexibility index (Phi) is 6.94. The average Bonchev–Trinajstić information content (AvgIpc) is 3.26. The van der Waals surface area contributed by atoms with Crippen molar-refractivity contribution in [2.75, 3.05) is 17.7 Å². The number of carbonyl (C=O) groups excluding carboxylic acids is 1. The number of carboxylic acids is 1. The number of anilines is 3. The van der Waals surface area contributed by atoms with E-state index in [0.29, 0.717) is 43.1 Å². The first-order valence-electron chi connectivity index (χ1n) is 9.57. The van der Waals surface area contributed by atoms with Gasteiger partial charge in [0.15, 0.2) is 11.6 Å². The average molecular weight is 582 g/mol. The fourth-order valence-electron chi connectivity index (χ4n) is 3.16. The zero-order chi connectivity index (χ0) is 24.6. The van der Waals surface area contributed by atoms with Crippen molar-refractivity contribution in [3.8, 4) is 5.75 Å². The summed E-state index contributed by atoms with van der Waals surface area (Å²) >= 11 is 17.6. The van der Waals surface area contributed by atoms with Crippen LogP contribution in [0.15, 0.2) is 40.4 Å². The van der Waals surface area contributed by atoms with Crippen LogP contribution in [0.2, 0.25) is 10.0 Å². The van der Waals surface area contributed by atoms with Crippen LogP contribution < -0.4 is 15.4 Å². The molecule has 0 bridgehead atoms. The number of halogens is 3. The summed E-state index contributed by atoms with van der Waals surface area (Å²) < 4.78 is 6.59. The molecule has 12 heteroatoms. The van der Waals surface area contributed by atoms with E-state index in [1.165, 1.54) is 36.9 Å². The molecule has 2 aromatic carbocycles. The number of methoxy groups -OCH3 is 1. The molecule has 0 saturated carbocycles. The van der Waals surface area contributed by atoms with Gasteiger partial charge in [0.05, 0.1) is 43.6 Å². The third kappa shape index (κ3) is 4.41. The molecule has 4 rings (SSSR count). The van der Waals surface area contributed by atoms with Crippen molar-refractivity contribution in [3.05, 3.63) is 67.2 Å². The smallest absolute Gasteiger partial charge is 0.335 e. The summed E-state index contributed by atoms with van der Waals surface area (Å²) in [5.41, 5.74) is 2.46. The predicted molar refractivity (Wildman–Crippen MR) is 138 cm³/mol. The normalized spacial score (nSPS) is 10.9. The number of hydrogen-bond donors (Lipinski definition) is 3. The van der Waals surface area contributed by atoms with Crippen LogP contribution in [0.4, 0.5) is 17.2 Å². The molecule has 0 aliphatic rings. The molecule has 0 unspecified atom stereocenters. The fraction of sp³-hybridized carbons (Fsp3) is 0.0909. The molecule has 2 aromatic heterocycles. The number of fused-ring (bicyclic) bond motifs is 1. The van der Waals surface area contributed by atoms with Gasteiger partial charge >= 0.3 is 5.97 Å². The van der Waals surface area contributed by atoms with Gasteiger partial charge < -0.3 is 20.5 Å². The van der Waals surface area contributed by atoms with E-state index in [4.69, 9.17) is 33.0 Å². The Bertz CT molecular complexity index is 1440. The number of aromatic carboxylic acids is 1. The summed E-state index contributed by atoms with van der Waals surface area (Å²) in [5.74, 6) is -0.621. The van der Waals surface area contributed by atoms with Gasteiger partial charge in [-0.15, -0.1) is 11.3 Å². The maximum absolute atomic E-state index is 13.1. The summed E-state index contributed by atoms with van der Waals surface area (Å²) in [4.78, 5) is 32.7. The van der Waals surface area contributed by atoms with Gasteiger partial charge in [-0.05, 0) is 52.7 Å². The number of hydrogen-bond acceptors (Lipinski definition) is 7. The highest BCUT2D eigenvalue weighted by molar-refractivity contribution is 9.10. The van der Waals surface area contributed by atoms with Crippen LogP contribution >= 0.6 is 50.5 Å². The molecule has 174 valence electrons. The summed E-state index contributed by atoms with van der Waals surface area (Å²) in [6.07, 6.45) is 1.34. The lowest BCUT2D eigenvalue weighted by atomic mass is 10.2. The van der Waals surface area contributed by atoms with Crippen molar-refractivity contribution in [3.63, 3.8) is 0 Å². The molecule has 0 radical (unpaired) electrons. The summed E-state index contributed by atoms with van der Waals surface area (Å²) in [5, 5.41) is 17.1. The number of amides is 1. The summed E-state index contributed by atoms with van der Waals surface area (Å²) in [7, 11) is 1.47. The van der Waals surface area contributed by atoms with Gasteiger partial charge in [0.1, 0.15) is 11.3 Å². The third-order valence-electron chi connectivity index (χ3n) is 4.93. The van der Waals surface area contributed by atoms with Gasteiger partial charge in [0.2, 0.25) is 0 Å². The van der Waals surface area contributed by atoms with Crippen molar-refractivity contribution in [2.45, 2.75) is 6.92 Å². The van der Waals surface area contributed by atoms with Gasteiger partial charge in [0, 0.05) is 11.1 Å². The molecule has 34 heavy (non-hydrogen) atoms. The molecular formula is C22H15BrCl2N4O4S. The zero-order valence-corrected chi connectivity index (χ0v) is 21.5. The molecule has 8 nitrogen and oxygen atoms in total. The Morgan fingerprint density at radius 3 is 2.50 bits per heavy atom. The lowest BCUT2D eigenvalue weighted by Gasteiger charge is -2.16. The number of aromatic nitrogens is 2. The minimum absolute atomic E-state index is 0.166. The Balaban J connectivity index is 1.66. The maximum atomic E-state index is 13.1. The minimum atomic E-state index is -1.01. The molecule has 0 spiro atoms. The molecular weight excluding hydrogens is 567 g/mol. The van der Waals surface area contributed by atoms with E-state index < -0.39 is 11.9 Å². The second-order valence-corrected chi connectivity index (χ2v) is 9.41. The Morgan fingerprint density at radius 1 is 1.15 bits per heavy atom. The Hall–Kier alpha value is -2.92. The van der Waals surface area contributed by atoms with Crippen molar-refractivity contribution in [1.29, 1.82) is 0 Å². The Labute approximate surface area is 216 Å². The number of nitrogens with zero attached hydrogens (tertiary/aromatic N) is 2. The van der Waals surface area contributed by atoms with Crippen LogP contribution in [0.1, 0.15) is 26.3 Å². The highest BCUT2D eigenvalue weighted by Gasteiger charge is 2.23. The number of carboxylic acid groups (broad SMARTS) is 1. The number of rotatable bonds is 6. The summed E-state index contributed by atoms with van der Waals surface area (Å²) in [6.45, 7) is 1.77. The van der Waals surface area contributed by atoms with Gasteiger partial charge in [-0.25, -0.2) is 14.8 Å². The molecule has 0 fully saturated rings. The van der Waals surface area contributed by atoms with E-state index >= 15 is 0 Å². The van der Waals surface area contributed by atoms with Gasteiger partial charge in [-0.2, -0.15) is 0 Å². The van der Waals surface area contributed by atoms with E-state index in [-0.39, 0.29) is 21.3 Å². The highest BCUT2D eigenvalue weighted by Crippen LogP contribution is 2.46. The third-order valence-corrected chi connectivity index (χ3v) is 7.70. The molecule has 0 atom stereocenters. The zero-order valence-electron chi connectivity index (χ0n) is 17.6. The monoisotopic (exact) mass is 580 g/mol. The highest BCUT2D eigenvalue weighted by atomic mass is 79.9. The first kappa shape index (κ1) is 24.2. The van der Waals surface area contributed by atoms with Crippen LogP contribution in [0.3, 0.4) is 0 Å². The van der Waals surface area contributed by atoms with Crippen LogP contribution in [0.5, 0.6) is 5.75 Å². The molecule has 0 aliphatic heterocycles. The van der Waals surface area contributed by atoms with Crippen molar-refractivity contribution in [1.82, 2.24) is 9.97 Å². The van der Waals surface area contributed by atoms with Crippen LogP contribution in [0.25, 0.3) is 10.2 Å². The SMILES string of the molecule is COc1c(Cl)c(NC(=O)c2csc3c(Nc4ccc(C(=O)O)cc4)ncnc23)c(Cl)c(C)c1Br. The summed E-state index contributed by atoms with van der Waals surface area (Å²) in [6, 6.07) is 6.23. The van der Waals surface area contributed by atoms with E-state index in [1.54, 1.807) is 24.4 Å². The molecule has 2 heterocycles.